The predicted molar refractivity (Wildman–Crippen MR) is 96.6 cm³/mol. The summed E-state index contributed by atoms with van der Waals surface area (Å²) in [6.45, 7) is 5.22. The first kappa shape index (κ1) is 17.4. The molecule has 1 unspecified atom stereocenters. The van der Waals surface area contributed by atoms with Crippen molar-refractivity contribution in [3.8, 4) is 0 Å². The Morgan fingerprint density at radius 1 is 1.36 bits per heavy atom. The Kier molecular flexibility index (Phi) is 4.53. The lowest BCUT2D eigenvalue weighted by molar-refractivity contribution is 0.0646. The third kappa shape index (κ3) is 3.67. The van der Waals surface area contributed by atoms with E-state index in [2.05, 4.69) is 15.3 Å². The van der Waals surface area contributed by atoms with Gasteiger partial charge in [-0.2, -0.15) is 0 Å². The summed E-state index contributed by atoms with van der Waals surface area (Å²) in [7, 11) is 0. The molecule has 25 heavy (non-hydrogen) atoms. The van der Waals surface area contributed by atoms with Crippen molar-refractivity contribution in [1.82, 2.24) is 9.97 Å². The Morgan fingerprint density at radius 3 is 2.76 bits per heavy atom. The second-order valence-electron chi connectivity index (χ2n) is 6.39. The quantitative estimate of drug-likeness (QED) is 0.681. The molecule has 130 valence electrons. The van der Waals surface area contributed by atoms with Crippen LogP contribution in [0.4, 0.5) is 10.3 Å². The van der Waals surface area contributed by atoms with Crippen molar-refractivity contribution >= 4 is 33.3 Å². The van der Waals surface area contributed by atoms with Crippen LogP contribution in [0.2, 0.25) is 0 Å². The van der Waals surface area contributed by atoms with E-state index in [1.807, 2.05) is 6.92 Å². The van der Waals surface area contributed by atoms with Gasteiger partial charge in [0.15, 0.2) is 0 Å². The zero-order chi connectivity index (χ0) is 18.2. The predicted octanol–water partition coefficient (Wildman–Crippen LogP) is 3.63. The molecule has 0 spiro atoms. The lowest BCUT2D eigenvalue weighted by Gasteiger charge is -2.26. The summed E-state index contributed by atoms with van der Waals surface area (Å²) in [4.78, 5) is 22.1. The van der Waals surface area contributed by atoms with Gasteiger partial charge in [0.25, 0.3) is 0 Å². The molecule has 0 aliphatic carbocycles. The lowest BCUT2D eigenvalue weighted by atomic mass is 10.0. The van der Waals surface area contributed by atoms with Gasteiger partial charge >= 0.3 is 0 Å². The molecule has 0 aliphatic heterocycles. The molecule has 0 amide bonds. The fraction of sp³-hybridized carbons (Fsp3) is 0.278. The minimum atomic E-state index is -0.931. The molecule has 3 aromatic rings. The molecular formula is C18H18FN3O2S. The van der Waals surface area contributed by atoms with Crippen molar-refractivity contribution < 1.29 is 14.3 Å². The highest BCUT2D eigenvalue weighted by molar-refractivity contribution is 7.20. The van der Waals surface area contributed by atoms with E-state index in [-0.39, 0.29) is 17.4 Å². The number of benzene rings is 1. The number of nitrogens with zero attached hydrogens (tertiary/aromatic N) is 2. The number of hydrogen-bond acceptors (Lipinski definition) is 6. The summed E-state index contributed by atoms with van der Waals surface area (Å²) >= 11 is 1.19. The summed E-state index contributed by atoms with van der Waals surface area (Å²) in [5, 5.41) is 13.8. The monoisotopic (exact) mass is 359 g/mol. The first-order chi connectivity index (χ1) is 11.8. The van der Waals surface area contributed by atoms with Gasteiger partial charge < -0.3 is 10.4 Å². The standard InChI is InChI=1S/C18H18FN3O2S/c1-10(18(2,3)24)21-17-20-9-11-8-14(25-16(11)22-17)15(23)12-6-4-5-7-13(12)19/h4-10,24H,1-3H3,(H,20,21,22). The Morgan fingerprint density at radius 2 is 2.08 bits per heavy atom. The number of ketones is 1. The average molecular weight is 359 g/mol. The smallest absolute Gasteiger partial charge is 0.224 e. The van der Waals surface area contributed by atoms with E-state index in [1.165, 1.54) is 23.5 Å². The highest BCUT2D eigenvalue weighted by Gasteiger charge is 2.23. The third-order valence-corrected chi connectivity index (χ3v) is 5.06. The van der Waals surface area contributed by atoms with Crippen molar-refractivity contribution in [3.05, 3.63) is 52.8 Å². The van der Waals surface area contributed by atoms with Gasteiger partial charge in [0.1, 0.15) is 10.6 Å². The van der Waals surface area contributed by atoms with Crippen LogP contribution >= 0.6 is 11.3 Å². The van der Waals surface area contributed by atoms with E-state index in [9.17, 15) is 14.3 Å². The number of anilines is 1. The molecule has 7 heteroatoms. The maximum Gasteiger partial charge on any atom is 0.224 e. The first-order valence-corrected chi connectivity index (χ1v) is 8.62. The zero-order valence-corrected chi connectivity index (χ0v) is 14.9. The van der Waals surface area contributed by atoms with Crippen LogP contribution in [-0.4, -0.2) is 32.5 Å². The van der Waals surface area contributed by atoms with Crippen molar-refractivity contribution in [3.63, 3.8) is 0 Å². The Bertz CT molecular complexity index is 933. The average Bonchev–Trinajstić information content (AvgIpc) is 2.97. The Hall–Kier alpha value is -2.38. The van der Waals surface area contributed by atoms with Crippen LogP contribution in [0.5, 0.6) is 0 Å². The molecule has 2 heterocycles. The van der Waals surface area contributed by atoms with Gasteiger partial charge in [-0.3, -0.25) is 4.79 Å². The van der Waals surface area contributed by atoms with Gasteiger partial charge in [-0.1, -0.05) is 12.1 Å². The van der Waals surface area contributed by atoms with E-state index < -0.39 is 11.4 Å². The van der Waals surface area contributed by atoms with Crippen LogP contribution in [0.3, 0.4) is 0 Å². The van der Waals surface area contributed by atoms with Crippen LogP contribution in [0.25, 0.3) is 10.2 Å². The van der Waals surface area contributed by atoms with Crippen LogP contribution < -0.4 is 5.32 Å². The summed E-state index contributed by atoms with van der Waals surface area (Å²) in [6, 6.07) is 7.31. The maximum atomic E-state index is 13.8. The Balaban J connectivity index is 1.91. The van der Waals surface area contributed by atoms with Crippen molar-refractivity contribution in [2.75, 3.05) is 5.32 Å². The van der Waals surface area contributed by atoms with Gasteiger partial charge in [-0.15, -0.1) is 11.3 Å². The van der Waals surface area contributed by atoms with E-state index in [4.69, 9.17) is 0 Å². The van der Waals surface area contributed by atoms with Crippen molar-refractivity contribution in [2.24, 2.45) is 0 Å². The van der Waals surface area contributed by atoms with Gasteiger partial charge in [0.05, 0.1) is 22.1 Å². The van der Waals surface area contributed by atoms with Gasteiger partial charge in [0, 0.05) is 11.6 Å². The van der Waals surface area contributed by atoms with Gasteiger partial charge in [-0.05, 0) is 39.0 Å². The molecule has 1 atom stereocenters. The SMILES string of the molecule is CC(Nc1ncc2cc(C(=O)c3ccccc3F)sc2n1)C(C)(C)O. The molecule has 2 N–H and O–H groups in total. The number of carbonyl (C=O) groups excluding carboxylic acids is 1. The summed E-state index contributed by atoms with van der Waals surface area (Å²) in [5.74, 6) is -0.549. The molecule has 0 aliphatic rings. The number of nitrogens with one attached hydrogen (secondary N) is 1. The molecule has 0 saturated heterocycles. The second-order valence-corrected chi connectivity index (χ2v) is 7.42. The highest BCUT2D eigenvalue weighted by Crippen LogP contribution is 2.27. The third-order valence-electron chi connectivity index (χ3n) is 4.02. The molecular weight excluding hydrogens is 341 g/mol. The second kappa shape index (κ2) is 6.50. The van der Waals surface area contributed by atoms with E-state index in [0.717, 1.165) is 0 Å². The molecule has 0 radical (unpaired) electrons. The molecule has 0 fully saturated rings. The number of rotatable bonds is 5. The molecule has 0 bridgehead atoms. The number of aromatic nitrogens is 2. The fourth-order valence-electron chi connectivity index (χ4n) is 2.16. The number of thiophene rings is 1. The summed E-state index contributed by atoms with van der Waals surface area (Å²) in [5.41, 5.74) is -0.893. The normalized spacial score (nSPS) is 13.0. The van der Waals surface area contributed by atoms with E-state index >= 15 is 0 Å². The molecule has 0 saturated carbocycles. The fourth-order valence-corrected chi connectivity index (χ4v) is 3.12. The molecule has 5 nitrogen and oxygen atoms in total. The minimum Gasteiger partial charge on any atom is -0.388 e. The number of hydrogen-bond donors (Lipinski definition) is 2. The maximum absolute atomic E-state index is 13.8. The number of halogens is 1. The van der Waals surface area contributed by atoms with Crippen LogP contribution in [-0.2, 0) is 0 Å². The van der Waals surface area contributed by atoms with Crippen LogP contribution in [0, 0.1) is 5.82 Å². The molecule has 3 rings (SSSR count). The largest absolute Gasteiger partial charge is 0.388 e. The molecule has 2 aromatic heterocycles. The van der Waals surface area contributed by atoms with Crippen molar-refractivity contribution in [2.45, 2.75) is 32.4 Å². The molecule has 1 aromatic carbocycles. The van der Waals surface area contributed by atoms with Gasteiger partial charge in [-0.25, -0.2) is 14.4 Å². The van der Waals surface area contributed by atoms with Crippen LogP contribution in [0.1, 0.15) is 36.0 Å². The lowest BCUT2D eigenvalue weighted by Crippen LogP contribution is -2.39. The van der Waals surface area contributed by atoms with Gasteiger partial charge in [0.2, 0.25) is 11.7 Å². The summed E-state index contributed by atoms with van der Waals surface area (Å²) in [6.07, 6.45) is 1.61. The topological polar surface area (TPSA) is 75.1 Å². The number of fused-ring (bicyclic) bond motifs is 1. The minimum absolute atomic E-state index is 0.0380. The first-order valence-electron chi connectivity index (χ1n) is 7.80. The van der Waals surface area contributed by atoms with E-state index in [0.29, 0.717) is 21.0 Å². The number of aliphatic hydroxyl groups is 1. The zero-order valence-electron chi connectivity index (χ0n) is 14.1. The summed E-state index contributed by atoms with van der Waals surface area (Å²) < 4.78 is 13.8. The Labute approximate surface area is 148 Å². The van der Waals surface area contributed by atoms with E-state index in [1.54, 1.807) is 38.2 Å². The van der Waals surface area contributed by atoms with Crippen molar-refractivity contribution in [1.29, 1.82) is 0 Å². The number of carbonyl (C=O) groups is 1. The highest BCUT2D eigenvalue weighted by atomic mass is 32.1. The van der Waals surface area contributed by atoms with Crippen LogP contribution in [0.15, 0.2) is 36.5 Å².